The Labute approximate surface area is 164 Å². The number of halogens is 2. The van der Waals surface area contributed by atoms with Crippen LogP contribution in [0.4, 0.5) is 0 Å². The second-order valence-corrected chi connectivity index (χ2v) is 6.86. The highest BCUT2D eigenvalue weighted by molar-refractivity contribution is 9.10. The lowest BCUT2D eigenvalue weighted by molar-refractivity contribution is -0.131. The van der Waals surface area contributed by atoms with E-state index in [1.807, 2.05) is 32.0 Å². The maximum atomic E-state index is 11.7. The van der Waals surface area contributed by atoms with Gasteiger partial charge in [-0.3, -0.25) is 20.4 Å². The molecule has 26 heavy (non-hydrogen) atoms. The van der Waals surface area contributed by atoms with Crippen LogP contribution in [0.1, 0.15) is 11.1 Å². The average Bonchev–Trinajstić information content (AvgIpc) is 2.56. The zero-order valence-electron chi connectivity index (χ0n) is 14.3. The van der Waals surface area contributed by atoms with Gasteiger partial charge in [0.25, 0.3) is 11.8 Å². The summed E-state index contributed by atoms with van der Waals surface area (Å²) in [4.78, 5) is 23.5. The monoisotopic (exact) mass is 440 g/mol. The smallest absolute Gasteiger partial charge is 0.276 e. The first-order valence-electron chi connectivity index (χ1n) is 7.70. The Morgan fingerprint density at radius 1 is 0.962 bits per heavy atom. The van der Waals surface area contributed by atoms with Crippen molar-refractivity contribution in [3.8, 4) is 11.5 Å². The fourth-order valence-corrected chi connectivity index (χ4v) is 2.91. The van der Waals surface area contributed by atoms with Crippen molar-refractivity contribution in [3.63, 3.8) is 0 Å². The van der Waals surface area contributed by atoms with Crippen LogP contribution in [-0.4, -0.2) is 25.0 Å². The Morgan fingerprint density at radius 2 is 1.54 bits per heavy atom. The Bertz CT molecular complexity index is 794. The SMILES string of the molecule is Cc1cc(C)cc(OCC(=O)NNC(=O)COc2ccc(Cl)cc2Br)c1. The van der Waals surface area contributed by atoms with Gasteiger partial charge in [0.15, 0.2) is 13.2 Å². The van der Waals surface area contributed by atoms with E-state index in [-0.39, 0.29) is 13.2 Å². The fourth-order valence-electron chi connectivity index (χ4n) is 2.11. The quantitative estimate of drug-likeness (QED) is 0.674. The van der Waals surface area contributed by atoms with Gasteiger partial charge in [0.2, 0.25) is 0 Å². The van der Waals surface area contributed by atoms with Gasteiger partial charge in [-0.05, 0) is 71.2 Å². The third-order valence-electron chi connectivity index (χ3n) is 3.16. The van der Waals surface area contributed by atoms with Gasteiger partial charge in [-0.1, -0.05) is 17.7 Å². The number of rotatable bonds is 6. The summed E-state index contributed by atoms with van der Waals surface area (Å²) in [5, 5.41) is 0.546. The van der Waals surface area contributed by atoms with Crippen molar-refractivity contribution < 1.29 is 19.1 Å². The minimum absolute atomic E-state index is 0.216. The van der Waals surface area contributed by atoms with Gasteiger partial charge in [-0.15, -0.1) is 0 Å². The number of amides is 2. The zero-order valence-corrected chi connectivity index (χ0v) is 16.6. The number of carbonyl (C=O) groups is 2. The van der Waals surface area contributed by atoms with E-state index in [0.29, 0.717) is 21.0 Å². The van der Waals surface area contributed by atoms with Gasteiger partial charge in [-0.2, -0.15) is 0 Å². The molecule has 2 rings (SSSR count). The first-order valence-corrected chi connectivity index (χ1v) is 8.87. The van der Waals surface area contributed by atoms with Gasteiger partial charge in [-0.25, -0.2) is 0 Å². The molecule has 2 aromatic rings. The number of benzene rings is 2. The first kappa shape index (κ1) is 20.1. The van der Waals surface area contributed by atoms with Crippen LogP contribution in [0.2, 0.25) is 5.02 Å². The van der Waals surface area contributed by atoms with E-state index >= 15 is 0 Å². The molecule has 0 saturated heterocycles. The third-order valence-corrected chi connectivity index (χ3v) is 4.01. The van der Waals surface area contributed by atoms with E-state index in [0.717, 1.165) is 11.1 Å². The van der Waals surface area contributed by atoms with Gasteiger partial charge < -0.3 is 9.47 Å². The molecule has 0 bridgehead atoms. The van der Waals surface area contributed by atoms with Crippen LogP contribution >= 0.6 is 27.5 Å². The molecule has 0 aliphatic heterocycles. The third kappa shape index (κ3) is 6.57. The largest absolute Gasteiger partial charge is 0.484 e. The molecular weight excluding hydrogens is 424 g/mol. The summed E-state index contributed by atoms with van der Waals surface area (Å²) in [7, 11) is 0. The van der Waals surface area contributed by atoms with E-state index in [4.69, 9.17) is 21.1 Å². The molecule has 0 fully saturated rings. The number of aryl methyl sites for hydroxylation is 2. The van der Waals surface area contributed by atoms with Gasteiger partial charge in [0, 0.05) is 5.02 Å². The topological polar surface area (TPSA) is 76.7 Å². The summed E-state index contributed by atoms with van der Waals surface area (Å²) in [5.74, 6) is 0.0747. The van der Waals surface area contributed by atoms with Crippen molar-refractivity contribution in [1.82, 2.24) is 10.9 Å². The normalized spacial score (nSPS) is 10.2. The van der Waals surface area contributed by atoms with Crippen molar-refractivity contribution in [3.05, 3.63) is 57.0 Å². The Balaban J connectivity index is 1.72. The second-order valence-electron chi connectivity index (χ2n) is 5.57. The van der Waals surface area contributed by atoms with Crippen molar-refractivity contribution in [2.45, 2.75) is 13.8 Å². The number of ether oxygens (including phenoxy) is 2. The molecule has 2 aromatic carbocycles. The highest BCUT2D eigenvalue weighted by Gasteiger charge is 2.08. The lowest BCUT2D eigenvalue weighted by Gasteiger charge is -2.11. The standard InChI is InChI=1S/C18H18BrClN2O4/c1-11-5-12(2)7-14(6-11)25-9-17(23)21-22-18(24)10-26-16-4-3-13(20)8-15(16)19/h3-8H,9-10H2,1-2H3,(H,21,23)(H,22,24). The van der Waals surface area contributed by atoms with Crippen molar-refractivity contribution in [2.75, 3.05) is 13.2 Å². The van der Waals surface area contributed by atoms with E-state index in [1.165, 1.54) is 0 Å². The predicted octanol–water partition coefficient (Wildman–Crippen LogP) is 3.32. The van der Waals surface area contributed by atoms with Gasteiger partial charge >= 0.3 is 0 Å². The minimum Gasteiger partial charge on any atom is -0.484 e. The molecule has 0 heterocycles. The summed E-state index contributed by atoms with van der Waals surface area (Å²) in [6.45, 7) is 3.41. The molecule has 0 spiro atoms. The molecule has 138 valence electrons. The Kier molecular flexibility index (Phi) is 7.29. The summed E-state index contributed by atoms with van der Waals surface area (Å²) >= 11 is 9.12. The molecule has 0 radical (unpaired) electrons. The molecule has 2 N–H and O–H groups in total. The van der Waals surface area contributed by atoms with Crippen molar-refractivity contribution >= 4 is 39.3 Å². The van der Waals surface area contributed by atoms with E-state index in [9.17, 15) is 9.59 Å². The zero-order chi connectivity index (χ0) is 19.1. The van der Waals surface area contributed by atoms with Crippen molar-refractivity contribution in [2.24, 2.45) is 0 Å². The fraction of sp³-hybridized carbons (Fsp3) is 0.222. The molecular formula is C18H18BrClN2O4. The molecule has 0 aromatic heterocycles. The number of hydrazine groups is 1. The maximum Gasteiger partial charge on any atom is 0.276 e. The van der Waals surface area contributed by atoms with Crippen LogP contribution < -0.4 is 20.3 Å². The molecule has 8 heteroatoms. The van der Waals surface area contributed by atoms with Crippen molar-refractivity contribution in [1.29, 1.82) is 0 Å². The van der Waals surface area contributed by atoms with Crippen LogP contribution in [0.25, 0.3) is 0 Å². The van der Waals surface area contributed by atoms with Crippen LogP contribution in [0.5, 0.6) is 11.5 Å². The Hall–Kier alpha value is -2.25. The van der Waals surface area contributed by atoms with Gasteiger partial charge in [0.05, 0.1) is 4.47 Å². The molecule has 0 unspecified atom stereocenters. The van der Waals surface area contributed by atoms with Crippen LogP contribution in [0.15, 0.2) is 40.9 Å². The maximum absolute atomic E-state index is 11.7. The van der Waals surface area contributed by atoms with E-state index < -0.39 is 11.8 Å². The summed E-state index contributed by atoms with van der Waals surface area (Å²) < 4.78 is 11.4. The van der Waals surface area contributed by atoms with Gasteiger partial charge in [0.1, 0.15) is 11.5 Å². The van der Waals surface area contributed by atoms with Crippen LogP contribution in [-0.2, 0) is 9.59 Å². The number of nitrogens with one attached hydrogen (secondary N) is 2. The molecule has 6 nitrogen and oxygen atoms in total. The molecule has 0 aliphatic carbocycles. The lowest BCUT2D eigenvalue weighted by atomic mass is 10.1. The number of carbonyl (C=O) groups excluding carboxylic acids is 2. The van der Waals surface area contributed by atoms with E-state index in [2.05, 4.69) is 26.8 Å². The van der Waals surface area contributed by atoms with Crippen LogP contribution in [0.3, 0.4) is 0 Å². The molecule has 0 aliphatic rings. The summed E-state index contributed by atoms with van der Waals surface area (Å²) in [5.41, 5.74) is 6.61. The minimum atomic E-state index is -0.508. The molecule has 0 saturated carbocycles. The summed E-state index contributed by atoms with van der Waals surface area (Å²) in [6, 6.07) is 10.6. The van der Waals surface area contributed by atoms with E-state index in [1.54, 1.807) is 18.2 Å². The number of hydrogen-bond acceptors (Lipinski definition) is 4. The highest BCUT2D eigenvalue weighted by Crippen LogP contribution is 2.27. The lowest BCUT2D eigenvalue weighted by Crippen LogP contribution is -2.45. The molecule has 2 amide bonds. The number of hydrogen-bond donors (Lipinski definition) is 2. The molecule has 0 atom stereocenters. The summed E-state index contributed by atoms with van der Waals surface area (Å²) in [6.07, 6.45) is 0. The van der Waals surface area contributed by atoms with Crippen LogP contribution in [0, 0.1) is 13.8 Å². The predicted molar refractivity (Wildman–Crippen MR) is 102 cm³/mol. The first-order chi connectivity index (χ1) is 12.3. The Morgan fingerprint density at radius 3 is 2.12 bits per heavy atom. The second kappa shape index (κ2) is 9.45. The highest BCUT2D eigenvalue weighted by atomic mass is 79.9. The average molecular weight is 442 g/mol.